The summed E-state index contributed by atoms with van der Waals surface area (Å²) in [5.74, 6) is -32.9. The van der Waals surface area contributed by atoms with Crippen molar-refractivity contribution in [2.24, 2.45) is 0 Å². The Morgan fingerprint density at radius 1 is 0.750 bits per heavy atom. The highest BCUT2D eigenvalue weighted by molar-refractivity contribution is 7.86. The van der Waals surface area contributed by atoms with Crippen molar-refractivity contribution in [3.8, 4) is 0 Å². The van der Waals surface area contributed by atoms with E-state index in [1.165, 1.54) is 19.1 Å². The molecule has 32 heavy (non-hydrogen) atoms. The van der Waals surface area contributed by atoms with Gasteiger partial charge in [0.25, 0.3) is 0 Å². The van der Waals surface area contributed by atoms with Crippen molar-refractivity contribution in [1.82, 2.24) is 5.32 Å². The van der Waals surface area contributed by atoms with Crippen molar-refractivity contribution in [2.75, 3.05) is 12.3 Å². The smallest absolute Gasteiger partial charge is 0.309 e. The summed E-state index contributed by atoms with van der Waals surface area (Å²) in [4.78, 5) is 0. The topological polar surface area (TPSA) is 29.1 Å². The van der Waals surface area contributed by atoms with Crippen molar-refractivity contribution in [3.05, 3.63) is 35.9 Å². The molecule has 1 aromatic rings. The fourth-order valence-electron chi connectivity index (χ4n) is 2.25. The Morgan fingerprint density at radius 3 is 1.62 bits per heavy atom. The zero-order chi connectivity index (χ0) is 25.4. The van der Waals surface area contributed by atoms with E-state index in [0.29, 0.717) is 5.56 Å². The summed E-state index contributed by atoms with van der Waals surface area (Å²) in [6, 6.07) is 7.10. The number of hydrogen-bond acceptors (Lipinski definition) is 2. The van der Waals surface area contributed by atoms with Crippen LogP contribution in [-0.4, -0.2) is 51.6 Å². The zero-order valence-corrected chi connectivity index (χ0v) is 16.4. The van der Waals surface area contributed by atoms with Gasteiger partial charge in [-0.1, -0.05) is 30.3 Å². The number of alkyl halides is 13. The van der Waals surface area contributed by atoms with Crippen LogP contribution in [0.5, 0.6) is 0 Å². The summed E-state index contributed by atoms with van der Waals surface area (Å²) >= 11 is 0. The first-order valence-electron chi connectivity index (χ1n) is 8.29. The summed E-state index contributed by atoms with van der Waals surface area (Å²) in [6.07, 6.45) is -7.48. The molecule has 1 unspecified atom stereocenters. The first kappa shape index (κ1) is 28.5. The average molecular weight is 515 g/mol. The van der Waals surface area contributed by atoms with Gasteiger partial charge in [0.05, 0.1) is 10.8 Å². The SMILES string of the molecule is C[C@@H](NCCS(=O)C(F)(F)C(F)(F)C(F)(F)C(F)(F)C(F)(F)C(F)(F)F)c1ccccc1. The van der Waals surface area contributed by atoms with Gasteiger partial charge in [0.1, 0.15) is 0 Å². The highest BCUT2D eigenvalue weighted by atomic mass is 32.2. The largest absolute Gasteiger partial charge is 0.460 e. The lowest BCUT2D eigenvalue weighted by molar-refractivity contribution is -0.433. The molecule has 0 saturated carbocycles. The Hall–Kier alpha value is -1.58. The van der Waals surface area contributed by atoms with Crippen LogP contribution in [0.3, 0.4) is 0 Å². The van der Waals surface area contributed by atoms with Crippen molar-refractivity contribution >= 4 is 10.8 Å². The van der Waals surface area contributed by atoms with Crippen LogP contribution in [0.1, 0.15) is 18.5 Å². The molecule has 2 atom stereocenters. The van der Waals surface area contributed by atoms with E-state index in [1.54, 1.807) is 18.2 Å². The Balaban J connectivity index is 3.07. The number of benzene rings is 1. The molecule has 0 fully saturated rings. The van der Waals surface area contributed by atoms with Crippen LogP contribution in [0.15, 0.2) is 30.3 Å². The molecule has 0 spiro atoms. The van der Waals surface area contributed by atoms with Crippen LogP contribution in [-0.2, 0) is 10.8 Å². The fourth-order valence-corrected chi connectivity index (χ4v) is 3.23. The van der Waals surface area contributed by atoms with Crippen LogP contribution in [0.25, 0.3) is 0 Å². The molecule has 2 nitrogen and oxygen atoms in total. The third-order valence-electron chi connectivity index (χ3n) is 4.23. The summed E-state index contributed by atoms with van der Waals surface area (Å²) in [5.41, 5.74) is 0.524. The highest BCUT2D eigenvalue weighted by Gasteiger charge is 2.91. The van der Waals surface area contributed by atoms with Crippen LogP contribution in [0.2, 0.25) is 0 Å². The minimum Gasteiger partial charge on any atom is -0.309 e. The molecule has 16 heteroatoms. The average Bonchev–Trinajstić information content (AvgIpc) is 2.66. The lowest BCUT2D eigenvalue weighted by atomic mass is 9.98. The van der Waals surface area contributed by atoms with Crippen molar-refractivity contribution in [3.63, 3.8) is 0 Å². The molecule has 0 amide bonds. The molecule has 0 heterocycles. The van der Waals surface area contributed by atoms with Gasteiger partial charge in [-0.2, -0.15) is 57.1 Å². The van der Waals surface area contributed by atoms with Gasteiger partial charge >= 0.3 is 35.1 Å². The Morgan fingerprint density at radius 2 is 1.19 bits per heavy atom. The molecular formula is C16H14F13NOS. The second kappa shape index (κ2) is 8.99. The number of rotatable bonds is 10. The van der Waals surface area contributed by atoms with E-state index in [4.69, 9.17) is 0 Å². The lowest BCUT2D eigenvalue weighted by Crippen LogP contribution is -2.70. The number of nitrogens with one attached hydrogen (secondary N) is 1. The minimum absolute atomic E-state index is 0.524. The molecule has 0 aliphatic carbocycles. The van der Waals surface area contributed by atoms with Gasteiger partial charge in [0.2, 0.25) is 0 Å². The third-order valence-corrected chi connectivity index (χ3v) is 5.63. The van der Waals surface area contributed by atoms with E-state index in [1.807, 2.05) is 0 Å². The van der Waals surface area contributed by atoms with Gasteiger partial charge in [-0.15, -0.1) is 0 Å². The fraction of sp³-hybridized carbons (Fsp3) is 0.625. The molecule has 0 aliphatic rings. The zero-order valence-electron chi connectivity index (χ0n) is 15.6. The maximum atomic E-state index is 13.7. The Labute approximate surface area is 174 Å². The van der Waals surface area contributed by atoms with E-state index in [2.05, 4.69) is 5.32 Å². The van der Waals surface area contributed by atoms with Crippen LogP contribution in [0.4, 0.5) is 57.1 Å². The minimum atomic E-state index is -8.00. The third kappa shape index (κ3) is 4.70. The second-order valence-corrected chi connectivity index (χ2v) is 8.06. The van der Waals surface area contributed by atoms with Crippen LogP contribution in [0, 0.1) is 0 Å². The van der Waals surface area contributed by atoms with Crippen molar-refractivity contribution in [2.45, 2.75) is 48.1 Å². The lowest BCUT2D eigenvalue weighted by Gasteiger charge is -2.39. The number of hydrogen-bond donors (Lipinski definition) is 1. The number of halogens is 13. The van der Waals surface area contributed by atoms with Gasteiger partial charge in [0.15, 0.2) is 0 Å². The molecule has 1 aromatic carbocycles. The highest BCUT2D eigenvalue weighted by Crippen LogP contribution is 2.60. The molecule has 0 aliphatic heterocycles. The normalized spacial score (nSPS) is 16.7. The van der Waals surface area contributed by atoms with Crippen molar-refractivity contribution in [1.29, 1.82) is 0 Å². The molecule has 0 bridgehead atoms. The Kier molecular flexibility index (Phi) is 7.99. The molecule has 1 N–H and O–H groups in total. The summed E-state index contributed by atoms with van der Waals surface area (Å²) < 4.78 is 181. The molecule has 1 rings (SSSR count). The van der Waals surface area contributed by atoms with Gasteiger partial charge in [-0.3, -0.25) is 4.21 Å². The van der Waals surface area contributed by atoms with E-state index >= 15 is 0 Å². The van der Waals surface area contributed by atoms with Gasteiger partial charge in [-0.05, 0) is 12.5 Å². The van der Waals surface area contributed by atoms with E-state index in [-0.39, 0.29) is 0 Å². The van der Waals surface area contributed by atoms with Gasteiger partial charge in [-0.25, -0.2) is 0 Å². The monoisotopic (exact) mass is 515 g/mol. The molecular weight excluding hydrogens is 501 g/mol. The van der Waals surface area contributed by atoms with E-state index in [0.717, 1.165) is 0 Å². The standard InChI is InChI=1S/C16H14F13NOS/c1-9(10-5-3-2-4-6-10)30-7-8-32(31)16(28,29)14(23,24)12(19,20)11(17,18)13(21,22)15(25,26)27/h2-6,9,30H,7-8H2,1H3/t9-,32?/m1/s1. The van der Waals surface area contributed by atoms with E-state index in [9.17, 15) is 61.3 Å². The maximum absolute atomic E-state index is 13.7. The van der Waals surface area contributed by atoms with E-state index < -0.39 is 64.3 Å². The summed E-state index contributed by atoms with van der Waals surface area (Å²) in [6.45, 7) is 0.605. The second-order valence-electron chi connectivity index (χ2n) is 6.45. The quantitative estimate of drug-likeness (QED) is 0.401. The van der Waals surface area contributed by atoms with Crippen LogP contribution >= 0.6 is 0 Å². The molecule has 0 radical (unpaired) electrons. The predicted molar refractivity (Wildman–Crippen MR) is 86.7 cm³/mol. The first-order valence-corrected chi connectivity index (χ1v) is 9.60. The first-order chi connectivity index (χ1) is 14.2. The maximum Gasteiger partial charge on any atom is 0.460 e. The van der Waals surface area contributed by atoms with Gasteiger partial charge < -0.3 is 5.32 Å². The van der Waals surface area contributed by atoms with Crippen molar-refractivity contribution < 1.29 is 61.3 Å². The molecule has 0 aromatic heterocycles. The van der Waals surface area contributed by atoms with Gasteiger partial charge in [0, 0.05) is 18.3 Å². The predicted octanol–water partition coefficient (Wildman–Crippen LogP) is 5.78. The molecule has 0 saturated heterocycles. The molecule has 186 valence electrons. The summed E-state index contributed by atoms with van der Waals surface area (Å²) in [7, 11) is -4.39. The summed E-state index contributed by atoms with van der Waals surface area (Å²) in [5, 5.41) is -4.21. The van der Waals surface area contributed by atoms with Crippen LogP contribution < -0.4 is 5.32 Å². The Bertz CT molecular complexity index is 795.